The van der Waals surface area contributed by atoms with Crippen molar-refractivity contribution in [3.8, 4) is 11.1 Å². The summed E-state index contributed by atoms with van der Waals surface area (Å²) in [5.41, 5.74) is 4.66. The van der Waals surface area contributed by atoms with Crippen molar-refractivity contribution in [3.63, 3.8) is 0 Å². The molecule has 0 spiro atoms. The third-order valence-corrected chi connectivity index (χ3v) is 3.87. The Kier molecular flexibility index (Phi) is 4.49. The fourth-order valence-electron chi connectivity index (χ4n) is 2.65. The molecule has 1 heteroatoms. The second-order valence-corrected chi connectivity index (χ2v) is 5.34. The highest BCUT2D eigenvalue weighted by Gasteiger charge is 2.13. The average molecular weight is 298 g/mol. The standard InChI is InChI=1S/C22H18O/c1-2-21(19-11-7-4-8-12-19)22(23)20-15-13-18(14-16-20)17-9-5-3-6-10-17/h2-16H,1H3. The first-order valence-corrected chi connectivity index (χ1v) is 7.71. The number of hydrogen-bond acceptors (Lipinski definition) is 1. The van der Waals surface area contributed by atoms with E-state index in [9.17, 15) is 4.79 Å². The lowest BCUT2D eigenvalue weighted by Gasteiger charge is -2.08. The normalized spacial score (nSPS) is 11.3. The molecule has 112 valence electrons. The van der Waals surface area contributed by atoms with Gasteiger partial charge in [-0.3, -0.25) is 4.79 Å². The van der Waals surface area contributed by atoms with Gasteiger partial charge in [-0.2, -0.15) is 0 Å². The molecule has 0 amide bonds. The van der Waals surface area contributed by atoms with Crippen LogP contribution in [0.15, 0.2) is 91.0 Å². The minimum Gasteiger partial charge on any atom is -0.289 e. The van der Waals surface area contributed by atoms with Crippen molar-refractivity contribution in [1.82, 2.24) is 0 Å². The summed E-state index contributed by atoms with van der Waals surface area (Å²) in [5.74, 6) is 0.0540. The van der Waals surface area contributed by atoms with Crippen LogP contribution in [0.4, 0.5) is 0 Å². The number of benzene rings is 3. The van der Waals surface area contributed by atoms with Crippen LogP contribution in [-0.4, -0.2) is 5.78 Å². The second-order valence-electron chi connectivity index (χ2n) is 5.34. The molecule has 0 N–H and O–H groups in total. The Morgan fingerprint density at radius 2 is 1.17 bits per heavy atom. The molecular formula is C22H18O. The van der Waals surface area contributed by atoms with Gasteiger partial charge < -0.3 is 0 Å². The molecule has 0 heterocycles. The maximum atomic E-state index is 12.8. The first kappa shape index (κ1) is 15.0. The molecular weight excluding hydrogens is 280 g/mol. The van der Waals surface area contributed by atoms with Crippen LogP contribution in [0.3, 0.4) is 0 Å². The van der Waals surface area contributed by atoms with Gasteiger partial charge in [0, 0.05) is 11.1 Å². The van der Waals surface area contributed by atoms with Gasteiger partial charge in [-0.15, -0.1) is 0 Å². The molecule has 3 rings (SSSR count). The molecule has 0 saturated carbocycles. The van der Waals surface area contributed by atoms with Gasteiger partial charge in [0.05, 0.1) is 0 Å². The number of rotatable bonds is 4. The van der Waals surface area contributed by atoms with Gasteiger partial charge in [-0.1, -0.05) is 91.0 Å². The summed E-state index contributed by atoms with van der Waals surface area (Å²) < 4.78 is 0. The van der Waals surface area contributed by atoms with Crippen LogP contribution in [0.25, 0.3) is 16.7 Å². The summed E-state index contributed by atoms with van der Waals surface area (Å²) in [5, 5.41) is 0. The predicted octanol–water partition coefficient (Wildman–Crippen LogP) is 5.64. The van der Waals surface area contributed by atoms with Crippen LogP contribution < -0.4 is 0 Å². The van der Waals surface area contributed by atoms with Gasteiger partial charge >= 0.3 is 0 Å². The molecule has 0 aliphatic rings. The van der Waals surface area contributed by atoms with Gasteiger partial charge in [0.25, 0.3) is 0 Å². The largest absolute Gasteiger partial charge is 0.289 e. The zero-order valence-electron chi connectivity index (χ0n) is 13.1. The zero-order valence-corrected chi connectivity index (χ0v) is 13.1. The van der Waals surface area contributed by atoms with Gasteiger partial charge in [0.15, 0.2) is 5.78 Å². The smallest absolute Gasteiger partial charge is 0.193 e. The van der Waals surface area contributed by atoms with Crippen molar-refractivity contribution in [2.24, 2.45) is 0 Å². The summed E-state index contributed by atoms with van der Waals surface area (Å²) in [6, 6.07) is 27.7. The Bertz CT molecular complexity index is 813. The lowest BCUT2D eigenvalue weighted by Crippen LogP contribution is -2.02. The Labute approximate surface area is 136 Å². The number of allylic oxidation sites excluding steroid dienone is 2. The Morgan fingerprint density at radius 1 is 0.652 bits per heavy atom. The molecule has 0 aliphatic carbocycles. The zero-order chi connectivity index (χ0) is 16.1. The summed E-state index contributed by atoms with van der Waals surface area (Å²) in [6.07, 6.45) is 1.88. The minimum absolute atomic E-state index is 0.0540. The summed E-state index contributed by atoms with van der Waals surface area (Å²) in [7, 11) is 0. The van der Waals surface area contributed by atoms with Crippen molar-refractivity contribution >= 4 is 11.4 Å². The van der Waals surface area contributed by atoms with E-state index in [0.717, 1.165) is 22.3 Å². The molecule has 0 radical (unpaired) electrons. The number of hydrogen-bond donors (Lipinski definition) is 0. The van der Waals surface area contributed by atoms with Gasteiger partial charge in [-0.05, 0) is 23.6 Å². The average Bonchev–Trinajstić information content (AvgIpc) is 2.64. The predicted molar refractivity (Wildman–Crippen MR) is 96.3 cm³/mol. The molecule has 0 fully saturated rings. The molecule has 0 atom stereocenters. The molecule has 0 saturated heterocycles. The highest BCUT2D eigenvalue weighted by molar-refractivity contribution is 6.28. The molecule has 0 unspecified atom stereocenters. The summed E-state index contributed by atoms with van der Waals surface area (Å²) in [6.45, 7) is 1.90. The van der Waals surface area contributed by atoms with Gasteiger partial charge in [0.1, 0.15) is 0 Å². The van der Waals surface area contributed by atoms with E-state index < -0.39 is 0 Å². The lowest BCUT2D eigenvalue weighted by molar-refractivity contribution is 0.105. The highest BCUT2D eigenvalue weighted by Crippen LogP contribution is 2.23. The molecule has 0 aliphatic heterocycles. The first-order valence-electron chi connectivity index (χ1n) is 7.71. The highest BCUT2D eigenvalue weighted by atomic mass is 16.1. The maximum absolute atomic E-state index is 12.8. The molecule has 0 bridgehead atoms. The fourth-order valence-corrected chi connectivity index (χ4v) is 2.65. The number of Topliss-reactive ketones (excluding diaryl/α,β-unsaturated/α-hetero) is 1. The van der Waals surface area contributed by atoms with E-state index in [0.29, 0.717) is 5.56 Å². The van der Waals surface area contributed by atoms with E-state index in [1.807, 2.05) is 85.8 Å². The van der Waals surface area contributed by atoms with Crippen molar-refractivity contribution < 1.29 is 4.79 Å². The monoisotopic (exact) mass is 298 g/mol. The molecule has 3 aromatic carbocycles. The van der Waals surface area contributed by atoms with Crippen LogP contribution >= 0.6 is 0 Å². The maximum Gasteiger partial charge on any atom is 0.193 e. The van der Waals surface area contributed by atoms with Crippen molar-refractivity contribution in [1.29, 1.82) is 0 Å². The molecule has 1 nitrogen and oxygen atoms in total. The number of carbonyl (C=O) groups excluding carboxylic acids is 1. The van der Waals surface area contributed by atoms with E-state index in [1.54, 1.807) is 0 Å². The van der Waals surface area contributed by atoms with E-state index in [-0.39, 0.29) is 5.78 Å². The molecule has 23 heavy (non-hydrogen) atoms. The van der Waals surface area contributed by atoms with Crippen LogP contribution in [0.2, 0.25) is 0 Å². The van der Waals surface area contributed by atoms with Crippen molar-refractivity contribution in [2.45, 2.75) is 6.92 Å². The Morgan fingerprint density at radius 3 is 1.74 bits per heavy atom. The number of ketones is 1. The first-order chi connectivity index (χ1) is 11.3. The van der Waals surface area contributed by atoms with Gasteiger partial charge in [0.2, 0.25) is 0 Å². The SMILES string of the molecule is CC=C(C(=O)c1ccc(-c2ccccc2)cc1)c1ccccc1. The van der Waals surface area contributed by atoms with E-state index in [4.69, 9.17) is 0 Å². The van der Waals surface area contributed by atoms with Crippen LogP contribution in [0.5, 0.6) is 0 Å². The van der Waals surface area contributed by atoms with E-state index in [1.165, 1.54) is 0 Å². The lowest BCUT2D eigenvalue weighted by atomic mass is 9.95. The topological polar surface area (TPSA) is 17.1 Å². The quantitative estimate of drug-likeness (QED) is 0.450. The summed E-state index contributed by atoms with van der Waals surface area (Å²) in [4.78, 5) is 12.8. The van der Waals surface area contributed by atoms with Crippen molar-refractivity contribution in [3.05, 3.63) is 102 Å². The van der Waals surface area contributed by atoms with E-state index >= 15 is 0 Å². The third-order valence-electron chi connectivity index (χ3n) is 3.87. The third kappa shape index (κ3) is 3.29. The summed E-state index contributed by atoms with van der Waals surface area (Å²) >= 11 is 0. The van der Waals surface area contributed by atoms with Crippen LogP contribution in [0, 0.1) is 0 Å². The number of carbonyl (C=O) groups is 1. The minimum atomic E-state index is 0.0540. The Balaban J connectivity index is 1.89. The van der Waals surface area contributed by atoms with Crippen LogP contribution in [-0.2, 0) is 0 Å². The van der Waals surface area contributed by atoms with Gasteiger partial charge in [-0.25, -0.2) is 0 Å². The Hall–Kier alpha value is -2.93. The fraction of sp³-hybridized carbons (Fsp3) is 0.0455. The van der Waals surface area contributed by atoms with Crippen molar-refractivity contribution in [2.75, 3.05) is 0 Å². The molecule has 3 aromatic rings. The van der Waals surface area contributed by atoms with E-state index in [2.05, 4.69) is 12.1 Å². The van der Waals surface area contributed by atoms with Crippen LogP contribution in [0.1, 0.15) is 22.8 Å². The molecule has 0 aromatic heterocycles. The second kappa shape index (κ2) is 6.89.